The predicted molar refractivity (Wildman–Crippen MR) is 91.7 cm³/mol. The lowest BCUT2D eigenvalue weighted by molar-refractivity contribution is -0.136. The van der Waals surface area contributed by atoms with Crippen molar-refractivity contribution in [3.63, 3.8) is 0 Å². The molecule has 1 aliphatic heterocycles. The van der Waals surface area contributed by atoms with Gasteiger partial charge in [0.05, 0.1) is 0 Å². The van der Waals surface area contributed by atoms with E-state index in [2.05, 4.69) is 59.8 Å². The third kappa shape index (κ3) is 3.79. The summed E-state index contributed by atoms with van der Waals surface area (Å²) in [5.41, 5.74) is 2.57. The fraction of sp³-hybridized carbons (Fsp3) is 0.588. The summed E-state index contributed by atoms with van der Waals surface area (Å²) in [4.78, 5) is 16.8. The number of carbonyl (C=O) groups excluding carboxylic acids is 1. The fourth-order valence-corrected chi connectivity index (χ4v) is 3.51. The minimum atomic E-state index is 0.200. The maximum Gasteiger partial charge on any atom is 0.225 e. The first-order valence-electron chi connectivity index (χ1n) is 7.86. The molecule has 0 saturated carbocycles. The summed E-state index contributed by atoms with van der Waals surface area (Å²) in [5.74, 6) is 0.540. The van der Waals surface area contributed by atoms with Gasteiger partial charge in [-0.3, -0.25) is 4.79 Å². The first-order valence-corrected chi connectivity index (χ1v) is 8.66. The lowest BCUT2D eigenvalue weighted by Gasteiger charge is -2.38. The van der Waals surface area contributed by atoms with Gasteiger partial charge in [-0.05, 0) is 43.5 Å². The molecule has 116 valence electrons. The van der Waals surface area contributed by atoms with Crippen molar-refractivity contribution in [2.24, 2.45) is 5.92 Å². The largest absolute Gasteiger partial charge is 0.368 e. The lowest BCUT2D eigenvalue weighted by atomic mass is 10.0. The Bertz CT molecular complexity index is 492. The monoisotopic (exact) mass is 352 g/mol. The summed E-state index contributed by atoms with van der Waals surface area (Å²) in [5, 5.41) is 0. The number of nitrogens with zero attached hydrogens (tertiary/aromatic N) is 2. The molecule has 21 heavy (non-hydrogen) atoms. The smallest absolute Gasteiger partial charge is 0.225 e. The van der Waals surface area contributed by atoms with Crippen LogP contribution in [0.25, 0.3) is 0 Å². The van der Waals surface area contributed by atoms with E-state index in [9.17, 15) is 4.79 Å². The number of rotatable bonds is 4. The summed E-state index contributed by atoms with van der Waals surface area (Å²) in [6, 6.07) is 6.40. The molecule has 1 saturated heterocycles. The third-order valence-corrected chi connectivity index (χ3v) is 4.92. The van der Waals surface area contributed by atoms with E-state index >= 15 is 0 Å². The molecule has 4 heteroatoms. The molecule has 0 aromatic heterocycles. The summed E-state index contributed by atoms with van der Waals surface area (Å²) < 4.78 is 1.12. The number of piperazine rings is 1. The average Bonchev–Trinajstić information content (AvgIpc) is 2.48. The van der Waals surface area contributed by atoms with Gasteiger partial charge in [-0.1, -0.05) is 29.8 Å². The van der Waals surface area contributed by atoms with Crippen LogP contribution in [-0.4, -0.2) is 37.0 Å². The number of hydrogen-bond donors (Lipinski definition) is 0. The molecule has 1 heterocycles. The Balaban J connectivity index is 1.98. The number of hydrogen-bond acceptors (Lipinski definition) is 2. The molecule has 0 radical (unpaired) electrons. The Kier molecular flexibility index (Phi) is 5.68. The molecular weight excluding hydrogens is 328 g/mol. The quantitative estimate of drug-likeness (QED) is 0.821. The molecule has 1 fully saturated rings. The fourth-order valence-electron chi connectivity index (χ4n) is 3.04. The number of carbonyl (C=O) groups is 1. The summed E-state index contributed by atoms with van der Waals surface area (Å²) in [6.45, 7) is 9.88. The third-order valence-electron chi connectivity index (χ3n) is 4.43. The van der Waals surface area contributed by atoms with Crippen LogP contribution in [0.3, 0.4) is 0 Å². The van der Waals surface area contributed by atoms with Crippen LogP contribution in [0, 0.1) is 12.8 Å². The predicted octanol–water partition coefficient (Wildman–Crippen LogP) is 3.84. The first-order chi connectivity index (χ1) is 10.1. The van der Waals surface area contributed by atoms with Gasteiger partial charge in [0.1, 0.15) is 0 Å². The summed E-state index contributed by atoms with van der Waals surface area (Å²) >= 11 is 3.51. The van der Waals surface area contributed by atoms with E-state index in [1.54, 1.807) is 0 Å². The minimum Gasteiger partial charge on any atom is -0.368 e. The molecule has 2 rings (SSSR count). The topological polar surface area (TPSA) is 23.6 Å². The second-order valence-corrected chi connectivity index (χ2v) is 6.67. The molecule has 0 unspecified atom stereocenters. The van der Waals surface area contributed by atoms with Crippen molar-refractivity contribution in [1.82, 2.24) is 4.90 Å². The number of amides is 1. The van der Waals surface area contributed by atoms with Crippen molar-refractivity contribution in [2.75, 3.05) is 31.1 Å². The second-order valence-electron chi connectivity index (χ2n) is 5.76. The van der Waals surface area contributed by atoms with Crippen molar-refractivity contribution < 1.29 is 4.79 Å². The van der Waals surface area contributed by atoms with Crippen LogP contribution in [0.5, 0.6) is 0 Å². The van der Waals surface area contributed by atoms with Gasteiger partial charge in [0.15, 0.2) is 0 Å². The summed E-state index contributed by atoms with van der Waals surface area (Å²) in [6.07, 6.45) is 1.89. The van der Waals surface area contributed by atoms with Crippen LogP contribution in [0.4, 0.5) is 5.69 Å². The minimum absolute atomic E-state index is 0.200. The highest BCUT2D eigenvalue weighted by Gasteiger charge is 2.25. The zero-order chi connectivity index (χ0) is 15.4. The van der Waals surface area contributed by atoms with Crippen LogP contribution >= 0.6 is 15.9 Å². The Hall–Kier alpha value is -1.03. The normalized spacial score (nSPS) is 15.7. The number of halogens is 1. The first kappa shape index (κ1) is 16.3. The van der Waals surface area contributed by atoms with Gasteiger partial charge >= 0.3 is 0 Å². The Morgan fingerprint density at radius 2 is 1.81 bits per heavy atom. The van der Waals surface area contributed by atoms with E-state index in [-0.39, 0.29) is 5.92 Å². The Morgan fingerprint density at radius 3 is 2.33 bits per heavy atom. The molecule has 1 aromatic carbocycles. The van der Waals surface area contributed by atoms with Gasteiger partial charge in [0.25, 0.3) is 0 Å². The van der Waals surface area contributed by atoms with E-state index in [1.807, 2.05) is 4.90 Å². The van der Waals surface area contributed by atoms with E-state index in [0.29, 0.717) is 5.91 Å². The number of anilines is 1. The Labute approximate surface area is 136 Å². The van der Waals surface area contributed by atoms with Crippen LogP contribution in [0.1, 0.15) is 32.3 Å². The molecular formula is C17H25BrN2O. The van der Waals surface area contributed by atoms with Crippen LogP contribution < -0.4 is 4.90 Å². The van der Waals surface area contributed by atoms with Gasteiger partial charge < -0.3 is 9.80 Å². The van der Waals surface area contributed by atoms with Crippen LogP contribution in [0.2, 0.25) is 0 Å². The van der Waals surface area contributed by atoms with Gasteiger partial charge in [0.2, 0.25) is 5.91 Å². The standard InChI is InChI=1S/C17H25BrN2O/c1-4-14(5-2)17(21)20-10-8-19(9-11-20)16-7-6-15(18)12-13(16)3/h6-7,12,14H,4-5,8-11H2,1-3H3. The van der Waals surface area contributed by atoms with E-state index < -0.39 is 0 Å². The highest BCUT2D eigenvalue weighted by molar-refractivity contribution is 9.10. The zero-order valence-corrected chi connectivity index (χ0v) is 14.8. The van der Waals surface area contributed by atoms with E-state index in [4.69, 9.17) is 0 Å². The van der Waals surface area contributed by atoms with Crippen molar-refractivity contribution in [2.45, 2.75) is 33.6 Å². The van der Waals surface area contributed by atoms with Crippen LogP contribution in [-0.2, 0) is 4.79 Å². The highest BCUT2D eigenvalue weighted by Crippen LogP contribution is 2.25. The van der Waals surface area contributed by atoms with Crippen molar-refractivity contribution in [1.29, 1.82) is 0 Å². The molecule has 0 N–H and O–H groups in total. The van der Waals surface area contributed by atoms with E-state index in [1.165, 1.54) is 11.3 Å². The van der Waals surface area contributed by atoms with Gasteiger partial charge in [-0.15, -0.1) is 0 Å². The van der Waals surface area contributed by atoms with Crippen molar-refractivity contribution in [3.05, 3.63) is 28.2 Å². The van der Waals surface area contributed by atoms with Gasteiger partial charge in [-0.2, -0.15) is 0 Å². The van der Waals surface area contributed by atoms with E-state index in [0.717, 1.165) is 43.5 Å². The average molecular weight is 353 g/mol. The number of aryl methyl sites for hydroxylation is 1. The molecule has 1 amide bonds. The SMILES string of the molecule is CCC(CC)C(=O)N1CCN(c2ccc(Br)cc2C)CC1. The molecule has 0 atom stereocenters. The van der Waals surface area contributed by atoms with Crippen molar-refractivity contribution in [3.8, 4) is 0 Å². The zero-order valence-electron chi connectivity index (χ0n) is 13.2. The molecule has 0 bridgehead atoms. The van der Waals surface area contributed by atoms with Gasteiger partial charge in [0, 0.05) is 42.3 Å². The van der Waals surface area contributed by atoms with Gasteiger partial charge in [-0.25, -0.2) is 0 Å². The molecule has 3 nitrogen and oxygen atoms in total. The summed E-state index contributed by atoms with van der Waals surface area (Å²) in [7, 11) is 0. The molecule has 1 aromatic rings. The molecule has 1 aliphatic rings. The number of benzene rings is 1. The maximum atomic E-state index is 12.4. The van der Waals surface area contributed by atoms with Crippen molar-refractivity contribution >= 4 is 27.5 Å². The Morgan fingerprint density at radius 1 is 1.19 bits per heavy atom. The molecule has 0 aliphatic carbocycles. The maximum absolute atomic E-state index is 12.4. The lowest BCUT2D eigenvalue weighted by Crippen LogP contribution is -2.50. The van der Waals surface area contributed by atoms with Crippen LogP contribution in [0.15, 0.2) is 22.7 Å². The highest BCUT2D eigenvalue weighted by atomic mass is 79.9. The second kappa shape index (κ2) is 7.30. The molecule has 0 spiro atoms.